The Balaban J connectivity index is 1.12. The van der Waals surface area contributed by atoms with E-state index < -0.39 is 0 Å². The van der Waals surface area contributed by atoms with Crippen LogP contribution in [0.25, 0.3) is 11.0 Å². The van der Waals surface area contributed by atoms with E-state index in [9.17, 15) is 9.59 Å². The summed E-state index contributed by atoms with van der Waals surface area (Å²) in [6, 6.07) is 8.26. The van der Waals surface area contributed by atoms with Crippen molar-refractivity contribution < 1.29 is 9.59 Å². The van der Waals surface area contributed by atoms with Gasteiger partial charge in [0, 0.05) is 38.1 Å². The maximum absolute atomic E-state index is 13.2. The van der Waals surface area contributed by atoms with E-state index in [1.165, 1.54) is 0 Å². The second-order valence-electron chi connectivity index (χ2n) is 9.72. The number of hydrogen-bond donors (Lipinski definition) is 0. The molecule has 0 radical (unpaired) electrons. The molecule has 0 aliphatic carbocycles. The van der Waals surface area contributed by atoms with Crippen LogP contribution in [0.15, 0.2) is 30.6 Å². The third kappa shape index (κ3) is 4.15. The number of imidazole rings is 1. The molecule has 3 fully saturated rings. The molecule has 0 N–H and O–H groups in total. The first-order valence-electron chi connectivity index (χ1n) is 12.3. The first-order chi connectivity index (χ1) is 15.6. The van der Waals surface area contributed by atoms with E-state index in [0.29, 0.717) is 11.9 Å². The number of fused-ring (bicyclic) bond motifs is 1. The van der Waals surface area contributed by atoms with Gasteiger partial charge >= 0.3 is 0 Å². The largest absolute Gasteiger partial charge is 0.342 e. The molecule has 1 atom stereocenters. The van der Waals surface area contributed by atoms with E-state index in [0.717, 1.165) is 88.8 Å². The lowest BCUT2D eigenvalue weighted by Crippen LogP contribution is -2.51. The van der Waals surface area contributed by atoms with Crippen molar-refractivity contribution in [1.29, 1.82) is 0 Å². The van der Waals surface area contributed by atoms with Crippen LogP contribution in [0, 0.1) is 5.92 Å². The van der Waals surface area contributed by atoms with Gasteiger partial charge in [0.15, 0.2) is 0 Å². The number of nitrogens with zero attached hydrogens (tertiary/aromatic N) is 5. The predicted octanol–water partition coefficient (Wildman–Crippen LogP) is 2.92. The second kappa shape index (κ2) is 9.22. The summed E-state index contributed by atoms with van der Waals surface area (Å²) in [7, 11) is 0. The summed E-state index contributed by atoms with van der Waals surface area (Å²) < 4.78 is 1.99. The topological polar surface area (TPSA) is 61.7 Å². The normalized spacial score (nSPS) is 22.5. The molecule has 4 heterocycles. The van der Waals surface area contributed by atoms with Gasteiger partial charge in [0.05, 0.1) is 17.4 Å². The average molecular weight is 438 g/mol. The Morgan fingerprint density at radius 2 is 1.59 bits per heavy atom. The molecule has 0 spiro atoms. The molecule has 3 saturated heterocycles. The van der Waals surface area contributed by atoms with Gasteiger partial charge in [-0.1, -0.05) is 12.1 Å². The molecule has 2 amide bonds. The van der Waals surface area contributed by atoms with Crippen LogP contribution in [-0.2, 0) is 9.59 Å². The number of likely N-dealkylation sites (tertiary alicyclic amines) is 3. The van der Waals surface area contributed by atoms with Crippen LogP contribution in [0.4, 0.5) is 0 Å². The number of carbonyl (C=O) groups is 2. The molecule has 3 aliphatic heterocycles. The number of aromatic nitrogens is 2. The van der Waals surface area contributed by atoms with Gasteiger partial charge in [-0.2, -0.15) is 0 Å². The van der Waals surface area contributed by atoms with Gasteiger partial charge in [0.25, 0.3) is 0 Å². The number of amides is 2. The van der Waals surface area contributed by atoms with Crippen molar-refractivity contribution in [3.63, 3.8) is 0 Å². The van der Waals surface area contributed by atoms with Crippen LogP contribution in [0.3, 0.4) is 0 Å². The molecule has 0 bridgehead atoms. The van der Waals surface area contributed by atoms with Crippen molar-refractivity contribution in [2.45, 2.75) is 57.5 Å². The highest BCUT2D eigenvalue weighted by molar-refractivity contribution is 5.83. The summed E-state index contributed by atoms with van der Waals surface area (Å²) in [5.41, 5.74) is 1.94. The van der Waals surface area contributed by atoms with Crippen LogP contribution < -0.4 is 0 Å². The van der Waals surface area contributed by atoms with E-state index in [1.807, 2.05) is 40.7 Å². The molecule has 2 aromatic rings. The van der Waals surface area contributed by atoms with Crippen molar-refractivity contribution in [1.82, 2.24) is 24.3 Å². The van der Waals surface area contributed by atoms with Crippen molar-refractivity contribution in [3.05, 3.63) is 30.6 Å². The maximum atomic E-state index is 13.2. The molecule has 1 unspecified atom stereocenters. The van der Waals surface area contributed by atoms with Crippen LogP contribution in [-0.4, -0.2) is 81.4 Å². The smallest absolute Gasteiger partial charge is 0.245 e. The third-order valence-electron chi connectivity index (χ3n) is 7.84. The number of benzene rings is 1. The molecule has 7 heteroatoms. The fourth-order valence-electron chi connectivity index (χ4n) is 5.83. The lowest BCUT2D eigenvalue weighted by atomic mass is 9.92. The zero-order valence-corrected chi connectivity index (χ0v) is 19.2. The predicted molar refractivity (Wildman–Crippen MR) is 124 cm³/mol. The molecular formula is C25H35N5O2. The van der Waals surface area contributed by atoms with E-state index in [4.69, 9.17) is 0 Å². The summed E-state index contributed by atoms with van der Waals surface area (Å²) in [5, 5.41) is 0. The van der Waals surface area contributed by atoms with E-state index in [2.05, 4.69) is 14.8 Å². The highest BCUT2D eigenvalue weighted by Gasteiger charge is 2.34. The van der Waals surface area contributed by atoms with Crippen LogP contribution in [0.5, 0.6) is 0 Å². The summed E-state index contributed by atoms with van der Waals surface area (Å²) in [6.07, 6.45) is 8.13. The lowest BCUT2D eigenvalue weighted by Gasteiger charge is -2.42. The number of piperidine rings is 2. The highest BCUT2D eigenvalue weighted by Crippen LogP contribution is 2.27. The number of carbonyl (C=O) groups excluding carboxylic acids is 2. The van der Waals surface area contributed by atoms with E-state index >= 15 is 0 Å². The SMILES string of the molecule is CC(C(=O)N1CCC(N2CCC(C(=O)N3CCCC3)CC2)CC1)n1cnc2ccccc21. The Morgan fingerprint density at radius 1 is 0.906 bits per heavy atom. The Labute approximate surface area is 190 Å². The Kier molecular flexibility index (Phi) is 6.17. The van der Waals surface area contributed by atoms with E-state index in [-0.39, 0.29) is 17.9 Å². The van der Waals surface area contributed by atoms with Gasteiger partial charge in [0.2, 0.25) is 11.8 Å². The molecule has 7 nitrogen and oxygen atoms in total. The Hall–Kier alpha value is -2.41. The van der Waals surface area contributed by atoms with Crippen molar-refractivity contribution in [2.75, 3.05) is 39.3 Å². The molecular weight excluding hydrogens is 402 g/mol. The van der Waals surface area contributed by atoms with Crippen molar-refractivity contribution in [3.8, 4) is 0 Å². The summed E-state index contributed by atoms with van der Waals surface area (Å²) in [5.74, 6) is 0.793. The van der Waals surface area contributed by atoms with Crippen LogP contribution >= 0.6 is 0 Å². The fourth-order valence-corrected chi connectivity index (χ4v) is 5.83. The van der Waals surface area contributed by atoms with Crippen molar-refractivity contribution >= 4 is 22.8 Å². The van der Waals surface area contributed by atoms with Gasteiger partial charge in [0.1, 0.15) is 6.04 Å². The monoisotopic (exact) mass is 437 g/mol. The molecule has 1 aromatic heterocycles. The van der Waals surface area contributed by atoms with Crippen molar-refractivity contribution in [2.24, 2.45) is 5.92 Å². The second-order valence-corrected chi connectivity index (χ2v) is 9.72. The minimum atomic E-state index is -0.244. The quantitative estimate of drug-likeness (QED) is 0.738. The van der Waals surface area contributed by atoms with Gasteiger partial charge < -0.3 is 19.3 Å². The highest BCUT2D eigenvalue weighted by atomic mass is 16.2. The molecule has 1 aromatic carbocycles. The molecule has 0 saturated carbocycles. The molecule has 3 aliphatic rings. The van der Waals surface area contributed by atoms with Crippen LogP contribution in [0.2, 0.25) is 0 Å². The third-order valence-corrected chi connectivity index (χ3v) is 7.84. The maximum Gasteiger partial charge on any atom is 0.245 e. The minimum absolute atomic E-state index is 0.182. The van der Waals surface area contributed by atoms with Gasteiger partial charge in [-0.15, -0.1) is 0 Å². The van der Waals surface area contributed by atoms with E-state index in [1.54, 1.807) is 6.33 Å². The number of hydrogen-bond acceptors (Lipinski definition) is 4. The Morgan fingerprint density at radius 3 is 2.31 bits per heavy atom. The summed E-state index contributed by atoms with van der Waals surface area (Å²) in [6.45, 7) is 7.54. The first kappa shape index (κ1) is 21.4. The lowest BCUT2D eigenvalue weighted by molar-refractivity contribution is -0.138. The van der Waals surface area contributed by atoms with Gasteiger partial charge in [-0.3, -0.25) is 9.59 Å². The zero-order chi connectivity index (χ0) is 22.1. The zero-order valence-electron chi connectivity index (χ0n) is 19.2. The summed E-state index contributed by atoms with van der Waals surface area (Å²) in [4.78, 5) is 37.0. The van der Waals surface area contributed by atoms with Gasteiger partial charge in [-0.05, 0) is 70.7 Å². The molecule has 172 valence electrons. The first-order valence-corrected chi connectivity index (χ1v) is 12.3. The number of para-hydroxylation sites is 2. The van der Waals surface area contributed by atoms with Crippen LogP contribution in [0.1, 0.15) is 51.5 Å². The number of rotatable bonds is 4. The molecule has 32 heavy (non-hydrogen) atoms. The average Bonchev–Trinajstić information content (AvgIpc) is 3.53. The molecule has 5 rings (SSSR count). The van der Waals surface area contributed by atoms with Gasteiger partial charge in [-0.25, -0.2) is 4.98 Å². The summed E-state index contributed by atoms with van der Waals surface area (Å²) >= 11 is 0. The minimum Gasteiger partial charge on any atom is -0.342 e. The fraction of sp³-hybridized carbons (Fsp3) is 0.640. The standard InChI is InChI=1S/C25H35N5O2/c1-19(30-18-26-22-6-2-3-7-23(22)30)24(31)29-16-10-21(11-17-29)27-14-8-20(9-15-27)25(32)28-12-4-5-13-28/h2-3,6-7,18-21H,4-5,8-17H2,1H3. The Bertz CT molecular complexity index is 950.